The molecule has 0 saturated carbocycles. The van der Waals surface area contributed by atoms with E-state index in [0.717, 1.165) is 6.42 Å². The second kappa shape index (κ2) is 6.67. The van der Waals surface area contributed by atoms with E-state index in [1.807, 2.05) is 14.0 Å². The summed E-state index contributed by atoms with van der Waals surface area (Å²) in [6, 6.07) is 0. The number of anilines is 2. The van der Waals surface area contributed by atoms with Crippen molar-refractivity contribution >= 4 is 17.5 Å². The SMILES string of the molecule is CCCNC(=O)CN(C)c1cncc(NC)n1. The van der Waals surface area contributed by atoms with Crippen LogP contribution in [0.2, 0.25) is 0 Å². The zero-order valence-electron chi connectivity index (χ0n) is 10.5. The molecule has 0 atom stereocenters. The highest BCUT2D eigenvalue weighted by Gasteiger charge is 2.08. The molecule has 1 rings (SSSR count). The van der Waals surface area contributed by atoms with Crippen LogP contribution in [-0.4, -0.2) is 43.1 Å². The Hall–Kier alpha value is -1.85. The van der Waals surface area contributed by atoms with E-state index in [4.69, 9.17) is 0 Å². The van der Waals surface area contributed by atoms with Gasteiger partial charge in [0.2, 0.25) is 5.91 Å². The van der Waals surface area contributed by atoms with Gasteiger partial charge in [-0.25, -0.2) is 4.98 Å². The fourth-order valence-electron chi connectivity index (χ4n) is 1.28. The molecule has 17 heavy (non-hydrogen) atoms. The molecule has 0 radical (unpaired) electrons. The molecule has 0 bridgehead atoms. The summed E-state index contributed by atoms with van der Waals surface area (Å²) in [5, 5.41) is 5.73. The van der Waals surface area contributed by atoms with Crippen LogP contribution in [0.1, 0.15) is 13.3 Å². The topological polar surface area (TPSA) is 70.2 Å². The molecular formula is C11H19N5O. The molecule has 1 aromatic heterocycles. The lowest BCUT2D eigenvalue weighted by molar-refractivity contribution is -0.119. The predicted molar refractivity (Wildman–Crippen MR) is 68.1 cm³/mol. The Morgan fingerprint density at radius 2 is 2.24 bits per heavy atom. The highest BCUT2D eigenvalue weighted by molar-refractivity contribution is 5.80. The standard InChI is InChI=1S/C11H19N5O/c1-4-5-14-11(17)8-16(3)10-7-13-6-9(12-2)15-10/h6-7H,4-5,8H2,1-3H3,(H,12,15)(H,14,17). The first kappa shape index (κ1) is 13.2. The van der Waals surface area contributed by atoms with Crippen LogP contribution in [0.25, 0.3) is 0 Å². The number of hydrogen-bond donors (Lipinski definition) is 2. The van der Waals surface area contributed by atoms with Crippen molar-refractivity contribution < 1.29 is 4.79 Å². The fourth-order valence-corrected chi connectivity index (χ4v) is 1.28. The lowest BCUT2D eigenvalue weighted by Crippen LogP contribution is -2.35. The van der Waals surface area contributed by atoms with Gasteiger partial charge in [0.25, 0.3) is 0 Å². The minimum Gasteiger partial charge on any atom is -0.372 e. The van der Waals surface area contributed by atoms with Gasteiger partial charge in [0.15, 0.2) is 0 Å². The Balaban J connectivity index is 2.56. The minimum absolute atomic E-state index is 0.00832. The van der Waals surface area contributed by atoms with Crippen molar-refractivity contribution in [3.63, 3.8) is 0 Å². The van der Waals surface area contributed by atoms with Crippen molar-refractivity contribution in [3.8, 4) is 0 Å². The molecule has 1 aromatic rings. The maximum Gasteiger partial charge on any atom is 0.239 e. The van der Waals surface area contributed by atoms with E-state index in [2.05, 4.69) is 20.6 Å². The van der Waals surface area contributed by atoms with Gasteiger partial charge in [0.05, 0.1) is 18.9 Å². The summed E-state index contributed by atoms with van der Waals surface area (Å²) in [5.74, 6) is 1.35. The van der Waals surface area contributed by atoms with Gasteiger partial charge in [-0.3, -0.25) is 9.78 Å². The Kier molecular flexibility index (Phi) is 5.19. The van der Waals surface area contributed by atoms with Crippen molar-refractivity contribution in [2.24, 2.45) is 0 Å². The van der Waals surface area contributed by atoms with Gasteiger partial charge < -0.3 is 15.5 Å². The Morgan fingerprint density at radius 3 is 2.88 bits per heavy atom. The van der Waals surface area contributed by atoms with Crippen LogP contribution in [0.15, 0.2) is 12.4 Å². The molecule has 0 saturated heterocycles. The maximum atomic E-state index is 11.5. The van der Waals surface area contributed by atoms with Crippen LogP contribution >= 0.6 is 0 Å². The summed E-state index contributed by atoms with van der Waals surface area (Å²) >= 11 is 0. The van der Waals surface area contributed by atoms with Gasteiger partial charge >= 0.3 is 0 Å². The van der Waals surface area contributed by atoms with Crippen molar-refractivity contribution in [2.75, 3.05) is 37.4 Å². The minimum atomic E-state index is -0.00832. The molecule has 1 heterocycles. The average Bonchev–Trinajstić information content (AvgIpc) is 2.36. The zero-order valence-corrected chi connectivity index (χ0v) is 10.5. The number of carbonyl (C=O) groups is 1. The molecule has 0 spiro atoms. The number of nitrogens with one attached hydrogen (secondary N) is 2. The third-order valence-electron chi connectivity index (χ3n) is 2.22. The van der Waals surface area contributed by atoms with E-state index in [9.17, 15) is 4.79 Å². The quantitative estimate of drug-likeness (QED) is 0.753. The molecule has 6 nitrogen and oxygen atoms in total. The number of hydrogen-bond acceptors (Lipinski definition) is 5. The number of carbonyl (C=O) groups excluding carboxylic acids is 1. The van der Waals surface area contributed by atoms with E-state index in [1.54, 1.807) is 24.3 Å². The number of likely N-dealkylation sites (N-methyl/N-ethyl adjacent to an activating group) is 1. The van der Waals surface area contributed by atoms with Gasteiger partial charge in [0, 0.05) is 20.6 Å². The molecule has 0 aliphatic carbocycles. The van der Waals surface area contributed by atoms with Crippen LogP contribution in [0.3, 0.4) is 0 Å². The largest absolute Gasteiger partial charge is 0.372 e. The summed E-state index contributed by atoms with van der Waals surface area (Å²) < 4.78 is 0. The summed E-state index contributed by atoms with van der Waals surface area (Å²) in [4.78, 5) is 21.6. The Morgan fingerprint density at radius 1 is 1.47 bits per heavy atom. The van der Waals surface area contributed by atoms with Gasteiger partial charge in [-0.05, 0) is 6.42 Å². The average molecular weight is 237 g/mol. The first-order valence-electron chi connectivity index (χ1n) is 5.65. The van der Waals surface area contributed by atoms with Crippen LogP contribution in [0, 0.1) is 0 Å². The monoisotopic (exact) mass is 237 g/mol. The molecule has 94 valence electrons. The van der Waals surface area contributed by atoms with Gasteiger partial charge in [-0.1, -0.05) is 6.92 Å². The third-order valence-corrected chi connectivity index (χ3v) is 2.22. The van der Waals surface area contributed by atoms with Crippen molar-refractivity contribution in [3.05, 3.63) is 12.4 Å². The maximum absolute atomic E-state index is 11.5. The summed E-state index contributed by atoms with van der Waals surface area (Å²) in [7, 11) is 3.59. The van der Waals surface area contributed by atoms with Gasteiger partial charge in [-0.15, -0.1) is 0 Å². The smallest absolute Gasteiger partial charge is 0.239 e. The number of aromatic nitrogens is 2. The van der Waals surface area contributed by atoms with Crippen molar-refractivity contribution in [1.29, 1.82) is 0 Å². The predicted octanol–water partition coefficient (Wildman–Crippen LogP) is 0.481. The van der Waals surface area contributed by atoms with Crippen LogP contribution in [0.4, 0.5) is 11.6 Å². The number of nitrogens with zero attached hydrogens (tertiary/aromatic N) is 3. The third kappa shape index (κ3) is 4.26. The molecule has 0 unspecified atom stereocenters. The van der Waals surface area contributed by atoms with E-state index in [1.165, 1.54) is 0 Å². The molecule has 1 amide bonds. The number of rotatable bonds is 6. The van der Waals surface area contributed by atoms with Crippen LogP contribution < -0.4 is 15.5 Å². The molecular weight excluding hydrogens is 218 g/mol. The van der Waals surface area contributed by atoms with E-state index < -0.39 is 0 Å². The fraction of sp³-hybridized carbons (Fsp3) is 0.545. The Labute approximate surface area is 101 Å². The summed E-state index contributed by atoms with van der Waals surface area (Å²) in [6.45, 7) is 3.00. The van der Waals surface area contributed by atoms with E-state index in [0.29, 0.717) is 18.2 Å². The first-order chi connectivity index (χ1) is 8.17. The normalized spacial score (nSPS) is 9.82. The second-order valence-corrected chi connectivity index (χ2v) is 3.72. The van der Waals surface area contributed by atoms with Gasteiger partial charge in [0.1, 0.15) is 11.6 Å². The molecule has 6 heteroatoms. The van der Waals surface area contributed by atoms with Gasteiger partial charge in [-0.2, -0.15) is 0 Å². The van der Waals surface area contributed by atoms with Crippen molar-refractivity contribution in [2.45, 2.75) is 13.3 Å². The molecule has 0 aliphatic rings. The Bertz CT molecular complexity index is 369. The highest BCUT2D eigenvalue weighted by atomic mass is 16.2. The molecule has 0 aliphatic heterocycles. The lowest BCUT2D eigenvalue weighted by atomic mass is 10.4. The summed E-state index contributed by atoms with van der Waals surface area (Å²) in [5.41, 5.74) is 0. The highest BCUT2D eigenvalue weighted by Crippen LogP contribution is 2.09. The first-order valence-corrected chi connectivity index (χ1v) is 5.65. The lowest BCUT2D eigenvalue weighted by Gasteiger charge is -2.17. The second-order valence-electron chi connectivity index (χ2n) is 3.72. The van der Waals surface area contributed by atoms with Crippen LogP contribution in [0.5, 0.6) is 0 Å². The molecule has 0 aromatic carbocycles. The van der Waals surface area contributed by atoms with E-state index >= 15 is 0 Å². The van der Waals surface area contributed by atoms with Crippen molar-refractivity contribution in [1.82, 2.24) is 15.3 Å². The molecule has 2 N–H and O–H groups in total. The zero-order chi connectivity index (χ0) is 12.7. The van der Waals surface area contributed by atoms with Crippen LogP contribution in [-0.2, 0) is 4.79 Å². The number of amides is 1. The molecule has 0 fully saturated rings. The van der Waals surface area contributed by atoms with E-state index in [-0.39, 0.29) is 12.5 Å². The summed E-state index contributed by atoms with van der Waals surface area (Å²) in [6.07, 6.45) is 4.20.